The van der Waals surface area contributed by atoms with Crippen LogP contribution in [-0.4, -0.2) is 9.97 Å². The van der Waals surface area contributed by atoms with Gasteiger partial charge in [-0.15, -0.1) is 11.3 Å². The fraction of sp³-hybridized carbons (Fsp3) is 0. The molecule has 238 valence electrons. The third-order valence-electron chi connectivity index (χ3n) is 9.85. The second-order valence-corrected chi connectivity index (χ2v) is 14.1. The lowest BCUT2D eigenvalue weighted by atomic mass is 9.93. The summed E-state index contributed by atoms with van der Waals surface area (Å²) < 4.78 is 2.60. The lowest BCUT2D eigenvalue weighted by molar-refractivity contribution is 1.18. The van der Waals surface area contributed by atoms with Crippen molar-refractivity contribution in [1.29, 1.82) is 0 Å². The predicted octanol–water partition coefficient (Wildman–Crippen LogP) is 13.5. The molecule has 3 heteroatoms. The first-order chi connectivity index (χ1) is 25.2. The van der Waals surface area contributed by atoms with E-state index in [-0.39, 0.29) is 0 Å². The van der Waals surface area contributed by atoms with E-state index in [9.17, 15) is 0 Å². The lowest BCUT2D eigenvalue weighted by Gasteiger charge is -2.14. The molecule has 0 saturated carbocycles. The fourth-order valence-electron chi connectivity index (χ4n) is 7.28. The molecule has 0 unspecified atom stereocenters. The Hall–Kier alpha value is -6.42. The normalized spacial score (nSPS) is 11.5. The van der Waals surface area contributed by atoms with Gasteiger partial charge in [0.2, 0.25) is 0 Å². The molecule has 0 atom stereocenters. The Morgan fingerprint density at radius 3 is 1.80 bits per heavy atom. The van der Waals surface area contributed by atoms with Crippen LogP contribution in [-0.2, 0) is 0 Å². The van der Waals surface area contributed by atoms with Crippen molar-refractivity contribution in [1.82, 2.24) is 9.97 Å². The van der Waals surface area contributed by atoms with E-state index in [4.69, 9.17) is 9.97 Å². The average Bonchev–Trinajstić information content (AvgIpc) is 3.58. The van der Waals surface area contributed by atoms with Gasteiger partial charge in [-0.25, -0.2) is 9.97 Å². The molecule has 2 nitrogen and oxygen atoms in total. The standard InChI is InChI=1S/C48H30N2S/c1-2-13-33(14-3-1)48-49-44(30-45(50-48)41-19-10-16-32-12-6-7-17-40(32)41)39-27-37(35-22-21-31-11-4-5-15-34(31)25-35)26-38(28-39)36-23-24-43-42-18-8-9-20-46(42)51-47(43)29-36/h1-30H. The van der Waals surface area contributed by atoms with Crippen LogP contribution in [0.15, 0.2) is 182 Å². The number of aromatic nitrogens is 2. The predicted molar refractivity (Wildman–Crippen MR) is 217 cm³/mol. The molecule has 0 spiro atoms. The van der Waals surface area contributed by atoms with Crippen LogP contribution in [0.1, 0.15) is 0 Å². The van der Waals surface area contributed by atoms with Crippen LogP contribution in [0.5, 0.6) is 0 Å². The van der Waals surface area contributed by atoms with Crippen LogP contribution in [0, 0.1) is 0 Å². The first-order valence-electron chi connectivity index (χ1n) is 17.2. The lowest BCUT2D eigenvalue weighted by Crippen LogP contribution is -1.97. The summed E-state index contributed by atoms with van der Waals surface area (Å²) in [5.41, 5.74) is 9.58. The highest BCUT2D eigenvalue weighted by atomic mass is 32.1. The molecule has 2 aromatic heterocycles. The Bertz CT molecular complexity index is 2920. The van der Waals surface area contributed by atoms with Gasteiger partial charge < -0.3 is 0 Å². The molecule has 0 fully saturated rings. The van der Waals surface area contributed by atoms with Gasteiger partial charge in [0.15, 0.2) is 5.82 Å². The van der Waals surface area contributed by atoms with Crippen LogP contribution in [0.25, 0.3) is 97.9 Å². The zero-order chi connectivity index (χ0) is 33.7. The molecular weight excluding hydrogens is 637 g/mol. The van der Waals surface area contributed by atoms with E-state index in [1.165, 1.54) is 52.8 Å². The van der Waals surface area contributed by atoms with Crippen molar-refractivity contribution >= 4 is 53.1 Å². The third kappa shape index (κ3) is 5.36. The Labute approximate surface area is 300 Å². The summed E-state index contributed by atoms with van der Waals surface area (Å²) in [5, 5.41) is 7.43. The van der Waals surface area contributed by atoms with Gasteiger partial charge in [-0.2, -0.15) is 0 Å². The molecule has 0 aliphatic rings. The summed E-state index contributed by atoms with van der Waals surface area (Å²) in [6.07, 6.45) is 0. The molecule has 0 saturated heterocycles. The SMILES string of the molecule is c1ccc(-c2nc(-c3cc(-c4ccc5ccccc5c4)cc(-c4ccc5c(c4)sc4ccccc45)c3)cc(-c3cccc4ccccc34)n2)cc1. The quantitative estimate of drug-likeness (QED) is 0.183. The first kappa shape index (κ1) is 29.5. The number of nitrogens with zero attached hydrogens (tertiary/aromatic N) is 2. The Kier molecular flexibility index (Phi) is 7.04. The highest BCUT2D eigenvalue weighted by Crippen LogP contribution is 2.40. The van der Waals surface area contributed by atoms with Crippen LogP contribution in [0.3, 0.4) is 0 Å². The second kappa shape index (κ2) is 12.2. The van der Waals surface area contributed by atoms with Gasteiger partial charge in [-0.1, -0.05) is 140 Å². The largest absolute Gasteiger partial charge is 0.228 e. The van der Waals surface area contributed by atoms with Crippen molar-refractivity contribution < 1.29 is 0 Å². The topological polar surface area (TPSA) is 25.8 Å². The first-order valence-corrected chi connectivity index (χ1v) is 18.0. The van der Waals surface area contributed by atoms with Crippen molar-refractivity contribution in [2.24, 2.45) is 0 Å². The Morgan fingerprint density at radius 2 is 0.941 bits per heavy atom. The Morgan fingerprint density at radius 1 is 0.314 bits per heavy atom. The smallest absolute Gasteiger partial charge is 0.160 e. The molecule has 2 heterocycles. The average molecular weight is 667 g/mol. The van der Waals surface area contributed by atoms with Crippen molar-refractivity contribution in [3.05, 3.63) is 182 Å². The highest BCUT2D eigenvalue weighted by molar-refractivity contribution is 7.25. The van der Waals surface area contributed by atoms with E-state index in [0.717, 1.165) is 39.2 Å². The summed E-state index contributed by atoms with van der Waals surface area (Å²) in [4.78, 5) is 10.5. The van der Waals surface area contributed by atoms with Crippen LogP contribution >= 0.6 is 11.3 Å². The number of thiophene rings is 1. The van der Waals surface area contributed by atoms with Gasteiger partial charge in [0.1, 0.15) is 0 Å². The molecule has 0 aliphatic carbocycles. The monoisotopic (exact) mass is 666 g/mol. The van der Waals surface area contributed by atoms with Crippen molar-refractivity contribution in [3.63, 3.8) is 0 Å². The van der Waals surface area contributed by atoms with Gasteiger partial charge in [-0.05, 0) is 86.3 Å². The molecule has 8 aromatic carbocycles. The van der Waals surface area contributed by atoms with E-state index in [1.807, 2.05) is 29.5 Å². The number of hydrogen-bond acceptors (Lipinski definition) is 3. The summed E-state index contributed by atoms with van der Waals surface area (Å²) >= 11 is 1.85. The van der Waals surface area contributed by atoms with Crippen LogP contribution < -0.4 is 0 Å². The van der Waals surface area contributed by atoms with Crippen LogP contribution in [0.2, 0.25) is 0 Å². The molecule has 0 radical (unpaired) electrons. The van der Waals surface area contributed by atoms with Crippen molar-refractivity contribution in [2.45, 2.75) is 0 Å². The summed E-state index contributed by atoms with van der Waals surface area (Å²) in [5.74, 6) is 0.709. The van der Waals surface area contributed by atoms with Gasteiger partial charge in [0.05, 0.1) is 11.4 Å². The van der Waals surface area contributed by atoms with E-state index in [2.05, 4.69) is 164 Å². The van der Waals surface area contributed by atoms with E-state index in [1.54, 1.807) is 0 Å². The molecule has 0 amide bonds. The molecule has 0 aliphatic heterocycles. The van der Waals surface area contributed by atoms with Crippen molar-refractivity contribution in [3.8, 4) is 56.2 Å². The number of hydrogen-bond donors (Lipinski definition) is 0. The van der Waals surface area contributed by atoms with Gasteiger partial charge in [-0.3, -0.25) is 0 Å². The van der Waals surface area contributed by atoms with Gasteiger partial charge >= 0.3 is 0 Å². The summed E-state index contributed by atoms with van der Waals surface area (Å²) in [7, 11) is 0. The number of fused-ring (bicyclic) bond motifs is 5. The van der Waals surface area contributed by atoms with E-state index < -0.39 is 0 Å². The number of benzene rings is 8. The van der Waals surface area contributed by atoms with Crippen LogP contribution in [0.4, 0.5) is 0 Å². The summed E-state index contributed by atoms with van der Waals surface area (Å²) in [6, 6.07) is 65.2. The Balaban J connectivity index is 1.21. The minimum atomic E-state index is 0.709. The van der Waals surface area contributed by atoms with Crippen molar-refractivity contribution in [2.75, 3.05) is 0 Å². The van der Waals surface area contributed by atoms with E-state index >= 15 is 0 Å². The molecule has 0 bridgehead atoms. The third-order valence-corrected chi connectivity index (χ3v) is 11.0. The zero-order valence-electron chi connectivity index (χ0n) is 27.6. The summed E-state index contributed by atoms with van der Waals surface area (Å²) in [6.45, 7) is 0. The second-order valence-electron chi connectivity index (χ2n) is 13.0. The highest BCUT2D eigenvalue weighted by Gasteiger charge is 2.16. The maximum Gasteiger partial charge on any atom is 0.160 e. The van der Waals surface area contributed by atoms with Gasteiger partial charge in [0, 0.05) is 36.9 Å². The zero-order valence-corrected chi connectivity index (χ0v) is 28.4. The molecule has 0 N–H and O–H groups in total. The fourth-order valence-corrected chi connectivity index (χ4v) is 8.43. The maximum atomic E-state index is 5.27. The molecule has 10 aromatic rings. The molecule has 10 rings (SSSR count). The maximum absolute atomic E-state index is 5.27. The molecule has 51 heavy (non-hydrogen) atoms. The molecular formula is C48H30N2S. The minimum Gasteiger partial charge on any atom is -0.228 e. The van der Waals surface area contributed by atoms with Gasteiger partial charge in [0.25, 0.3) is 0 Å². The minimum absolute atomic E-state index is 0.709. The number of rotatable bonds is 5. The van der Waals surface area contributed by atoms with E-state index in [0.29, 0.717) is 5.82 Å².